The SMILES string of the molecule is Cc1ccccc1/C=N/Nc1nnc(-c2ccccc2C)s1. The monoisotopic (exact) mass is 308 g/mol. The molecule has 0 spiro atoms. The fraction of sp³-hybridized carbons (Fsp3) is 0.118. The Labute approximate surface area is 133 Å². The molecule has 3 aromatic rings. The van der Waals surface area contributed by atoms with E-state index in [2.05, 4.69) is 52.8 Å². The predicted molar refractivity (Wildman–Crippen MR) is 92.5 cm³/mol. The van der Waals surface area contributed by atoms with E-state index >= 15 is 0 Å². The van der Waals surface area contributed by atoms with Crippen LogP contribution in [-0.2, 0) is 0 Å². The Kier molecular flexibility index (Phi) is 4.25. The van der Waals surface area contributed by atoms with Gasteiger partial charge in [-0.1, -0.05) is 59.9 Å². The molecule has 1 aromatic heterocycles. The van der Waals surface area contributed by atoms with E-state index in [4.69, 9.17) is 0 Å². The van der Waals surface area contributed by atoms with Crippen LogP contribution in [0.3, 0.4) is 0 Å². The molecule has 0 unspecified atom stereocenters. The van der Waals surface area contributed by atoms with Crippen LogP contribution in [0.5, 0.6) is 0 Å². The van der Waals surface area contributed by atoms with Crippen molar-refractivity contribution < 1.29 is 0 Å². The molecule has 22 heavy (non-hydrogen) atoms. The van der Waals surface area contributed by atoms with Crippen molar-refractivity contribution in [3.63, 3.8) is 0 Å². The van der Waals surface area contributed by atoms with Gasteiger partial charge in [0.2, 0.25) is 5.13 Å². The topological polar surface area (TPSA) is 50.2 Å². The minimum absolute atomic E-state index is 0.683. The van der Waals surface area contributed by atoms with Gasteiger partial charge in [-0.05, 0) is 30.5 Å². The van der Waals surface area contributed by atoms with E-state index in [0.29, 0.717) is 5.13 Å². The van der Waals surface area contributed by atoms with Crippen molar-refractivity contribution in [2.75, 3.05) is 5.43 Å². The molecular weight excluding hydrogens is 292 g/mol. The van der Waals surface area contributed by atoms with Gasteiger partial charge in [0.1, 0.15) is 5.01 Å². The van der Waals surface area contributed by atoms with Gasteiger partial charge in [-0.25, -0.2) is 0 Å². The number of anilines is 1. The number of hydrogen-bond donors (Lipinski definition) is 1. The smallest absolute Gasteiger partial charge is 0.226 e. The molecule has 0 saturated carbocycles. The summed E-state index contributed by atoms with van der Waals surface area (Å²) in [5.74, 6) is 0. The Balaban J connectivity index is 1.73. The van der Waals surface area contributed by atoms with Gasteiger partial charge < -0.3 is 0 Å². The zero-order chi connectivity index (χ0) is 15.4. The highest BCUT2D eigenvalue weighted by Crippen LogP contribution is 2.28. The van der Waals surface area contributed by atoms with Crippen LogP contribution in [0.25, 0.3) is 10.6 Å². The van der Waals surface area contributed by atoms with Crippen LogP contribution in [0.1, 0.15) is 16.7 Å². The highest BCUT2D eigenvalue weighted by molar-refractivity contribution is 7.18. The van der Waals surface area contributed by atoms with Crippen LogP contribution in [0.2, 0.25) is 0 Å². The zero-order valence-electron chi connectivity index (χ0n) is 12.4. The third kappa shape index (κ3) is 3.20. The van der Waals surface area contributed by atoms with E-state index in [0.717, 1.165) is 16.1 Å². The maximum atomic E-state index is 4.24. The third-order valence-electron chi connectivity index (χ3n) is 3.35. The molecule has 4 nitrogen and oxygen atoms in total. The van der Waals surface area contributed by atoms with Crippen LogP contribution >= 0.6 is 11.3 Å². The third-order valence-corrected chi connectivity index (χ3v) is 4.21. The first kappa shape index (κ1) is 14.4. The number of rotatable bonds is 4. The molecule has 0 fully saturated rings. The van der Waals surface area contributed by atoms with Crippen LogP contribution in [0, 0.1) is 13.8 Å². The lowest BCUT2D eigenvalue weighted by atomic mass is 10.1. The minimum Gasteiger partial charge on any atom is -0.251 e. The summed E-state index contributed by atoms with van der Waals surface area (Å²) in [7, 11) is 0. The molecule has 0 radical (unpaired) electrons. The zero-order valence-corrected chi connectivity index (χ0v) is 13.3. The Bertz CT molecular complexity index is 808. The highest BCUT2D eigenvalue weighted by Gasteiger charge is 2.07. The van der Waals surface area contributed by atoms with Gasteiger partial charge in [0, 0.05) is 5.56 Å². The van der Waals surface area contributed by atoms with Crippen molar-refractivity contribution >= 4 is 22.7 Å². The summed E-state index contributed by atoms with van der Waals surface area (Å²) < 4.78 is 0. The van der Waals surface area contributed by atoms with Crippen molar-refractivity contribution in [2.24, 2.45) is 5.10 Å². The summed E-state index contributed by atoms with van der Waals surface area (Å²) in [5.41, 5.74) is 7.51. The Morgan fingerprint density at radius 1 is 0.955 bits per heavy atom. The summed E-state index contributed by atoms with van der Waals surface area (Å²) in [6, 6.07) is 16.2. The van der Waals surface area contributed by atoms with Crippen molar-refractivity contribution in [2.45, 2.75) is 13.8 Å². The van der Waals surface area contributed by atoms with Gasteiger partial charge >= 0.3 is 0 Å². The molecule has 0 atom stereocenters. The Morgan fingerprint density at radius 3 is 2.45 bits per heavy atom. The van der Waals surface area contributed by atoms with Gasteiger partial charge in [-0.3, -0.25) is 5.43 Å². The first-order chi connectivity index (χ1) is 10.7. The van der Waals surface area contributed by atoms with Crippen LogP contribution < -0.4 is 5.43 Å². The summed E-state index contributed by atoms with van der Waals surface area (Å²) >= 11 is 1.49. The second-order valence-electron chi connectivity index (χ2n) is 4.95. The lowest BCUT2D eigenvalue weighted by molar-refractivity contribution is 1.08. The average Bonchev–Trinajstić information content (AvgIpc) is 2.98. The second kappa shape index (κ2) is 6.49. The van der Waals surface area contributed by atoms with Crippen molar-refractivity contribution in [3.8, 4) is 10.6 Å². The first-order valence-corrected chi connectivity index (χ1v) is 7.80. The van der Waals surface area contributed by atoms with Gasteiger partial charge in [-0.15, -0.1) is 10.2 Å². The largest absolute Gasteiger partial charge is 0.251 e. The second-order valence-corrected chi connectivity index (χ2v) is 5.93. The Morgan fingerprint density at radius 2 is 1.68 bits per heavy atom. The molecule has 0 amide bonds. The summed E-state index contributed by atoms with van der Waals surface area (Å²) in [4.78, 5) is 0. The molecule has 1 N–H and O–H groups in total. The number of benzene rings is 2. The lowest BCUT2D eigenvalue weighted by Gasteiger charge is -1.99. The maximum Gasteiger partial charge on any atom is 0.226 e. The fourth-order valence-corrected chi connectivity index (χ4v) is 2.86. The van der Waals surface area contributed by atoms with E-state index in [1.54, 1.807) is 6.21 Å². The molecule has 0 aliphatic carbocycles. The van der Waals surface area contributed by atoms with Crippen molar-refractivity contribution in [1.82, 2.24) is 10.2 Å². The molecule has 110 valence electrons. The summed E-state index contributed by atoms with van der Waals surface area (Å²) in [6.45, 7) is 4.13. The minimum atomic E-state index is 0.683. The number of nitrogens with zero attached hydrogens (tertiary/aromatic N) is 3. The summed E-state index contributed by atoms with van der Waals surface area (Å²) in [5, 5.41) is 14.2. The van der Waals surface area contributed by atoms with Gasteiger partial charge in [0.25, 0.3) is 0 Å². The average molecular weight is 308 g/mol. The maximum absolute atomic E-state index is 4.24. The van der Waals surface area contributed by atoms with E-state index in [1.807, 2.05) is 30.3 Å². The fourth-order valence-electron chi connectivity index (χ4n) is 2.08. The highest BCUT2D eigenvalue weighted by atomic mass is 32.1. The normalized spacial score (nSPS) is 11.0. The molecule has 2 aromatic carbocycles. The Hall–Kier alpha value is -2.53. The van der Waals surface area contributed by atoms with Gasteiger partial charge in [0.05, 0.1) is 6.21 Å². The van der Waals surface area contributed by atoms with Crippen LogP contribution in [0.4, 0.5) is 5.13 Å². The molecule has 0 bridgehead atoms. The van der Waals surface area contributed by atoms with Crippen LogP contribution in [0.15, 0.2) is 53.6 Å². The first-order valence-electron chi connectivity index (χ1n) is 6.98. The predicted octanol–water partition coefficient (Wildman–Crippen LogP) is 4.27. The van der Waals surface area contributed by atoms with E-state index in [9.17, 15) is 0 Å². The van der Waals surface area contributed by atoms with E-state index in [1.165, 1.54) is 22.5 Å². The van der Waals surface area contributed by atoms with Gasteiger partial charge in [0.15, 0.2) is 0 Å². The molecule has 1 heterocycles. The number of aromatic nitrogens is 2. The number of nitrogens with one attached hydrogen (secondary N) is 1. The molecule has 3 rings (SSSR count). The molecule has 0 aliphatic rings. The van der Waals surface area contributed by atoms with E-state index < -0.39 is 0 Å². The lowest BCUT2D eigenvalue weighted by Crippen LogP contribution is -1.91. The number of hydrogen-bond acceptors (Lipinski definition) is 5. The van der Waals surface area contributed by atoms with Crippen LogP contribution in [-0.4, -0.2) is 16.4 Å². The van der Waals surface area contributed by atoms with Crippen molar-refractivity contribution in [3.05, 3.63) is 65.2 Å². The summed E-state index contributed by atoms with van der Waals surface area (Å²) in [6.07, 6.45) is 1.80. The quantitative estimate of drug-likeness (QED) is 0.578. The number of aryl methyl sites for hydroxylation is 2. The molecule has 5 heteroatoms. The number of hydrazone groups is 1. The van der Waals surface area contributed by atoms with E-state index in [-0.39, 0.29) is 0 Å². The van der Waals surface area contributed by atoms with Gasteiger partial charge in [-0.2, -0.15) is 5.10 Å². The van der Waals surface area contributed by atoms with Crippen molar-refractivity contribution in [1.29, 1.82) is 0 Å². The standard InChI is InChI=1S/C17H16N4S/c1-12-7-3-5-9-14(12)11-18-20-17-21-19-16(22-17)15-10-6-4-8-13(15)2/h3-11H,1-2H3,(H,20,21)/b18-11+. The molecule has 0 aliphatic heterocycles. The molecule has 0 saturated heterocycles. The molecular formula is C17H16N4S.